The Balaban J connectivity index is 4.54. The van der Waals surface area contributed by atoms with E-state index >= 15 is 0 Å². The van der Waals surface area contributed by atoms with E-state index in [9.17, 15) is 44.7 Å². The number of alkyl halides is 8. The number of carbonyl (C=O) groups is 2. The molecule has 0 heterocycles. The lowest BCUT2D eigenvalue weighted by Crippen LogP contribution is -2.59. The number of halogens is 8. The molecule has 0 bridgehead atoms. The summed E-state index contributed by atoms with van der Waals surface area (Å²) in [5.74, 6) is -21.0. The zero-order chi connectivity index (χ0) is 21.5. The first-order valence-electron chi connectivity index (χ1n) is 7.95. The fourth-order valence-electron chi connectivity index (χ4n) is 1.75. The maximum Gasteiger partial charge on any atom is 0.381 e. The van der Waals surface area contributed by atoms with Crippen LogP contribution in [0.2, 0.25) is 0 Å². The molecule has 0 aliphatic rings. The quantitative estimate of drug-likeness (QED) is 0.345. The molecule has 0 rings (SSSR count). The summed E-state index contributed by atoms with van der Waals surface area (Å²) in [6.45, 7) is 0.932. The van der Waals surface area contributed by atoms with Crippen LogP contribution in [0, 0.1) is 0 Å². The molecular weight excluding hydrogens is 396 g/mol. The minimum absolute atomic E-state index is 0.465. The molecule has 0 spiro atoms. The number of esters is 2. The van der Waals surface area contributed by atoms with Crippen LogP contribution < -0.4 is 0 Å². The number of unbranched alkanes of at least 4 members (excludes halogenated alkanes) is 1. The maximum absolute atomic E-state index is 13.2. The second kappa shape index (κ2) is 10.1. The van der Waals surface area contributed by atoms with Crippen molar-refractivity contribution < 1.29 is 54.2 Å². The van der Waals surface area contributed by atoms with Crippen molar-refractivity contribution in [3.8, 4) is 0 Å². The average Bonchev–Trinajstić information content (AvgIpc) is 2.55. The van der Waals surface area contributed by atoms with Crippen molar-refractivity contribution in [2.24, 2.45) is 0 Å². The Kier molecular flexibility index (Phi) is 9.47. The van der Waals surface area contributed by atoms with Crippen LogP contribution in [0.15, 0.2) is 0 Å². The van der Waals surface area contributed by atoms with Gasteiger partial charge in [0.15, 0.2) is 6.61 Å². The lowest BCUT2D eigenvalue weighted by molar-refractivity contribution is -0.344. The zero-order valence-electron chi connectivity index (χ0n) is 14.6. The first-order chi connectivity index (χ1) is 12.2. The van der Waals surface area contributed by atoms with Gasteiger partial charge in [0.2, 0.25) is 0 Å². The molecule has 0 radical (unpaired) electrons. The largest absolute Gasteiger partial charge is 0.463 e. The van der Waals surface area contributed by atoms with Crippen LogP contribution >= 0.6 is 0 Å². The van der Waals surface area contributed by atoms with E-state index in [1.165, 1.54) is 0 Å². The Morgan fingerprint density at radius 3 is 1.96 bits per heavy atom. The van der Waals surface area contributed by atoms with E-state index in [1.54, 1.807) is 6.92 Å². The molecule has 0 saturated carbocycles. The highest BCUT2D eigenvalue weighted by Crippen LogP contribution is 2.48. The standard InChI is InChI=1S/C15H20F8O4/c1-3-4-5-9(2)27-11(25)7-6-10(24)26-8-13(18,19)15(22,23)14(20,21)12(16)17/h9,12H,3-8H2,1-2H3. The summed E-state index contributed by atoms with van der Waals surface area (Å²) < 4.78 is 110. The summed E-state index contributed by atoms with van der Waals surface area (Å²) in [5.41, 5.74) is 0. The summed E-state index contributed by atoms with van der Waals surface area (Å²) >= 11 is 0. The van der Waals surface area contributed by atoms with Crippen molar-refractivity contribution in [2.75, 3.05) is 6.61 Å². The van der Waals surface area contributed by atoms with Crippen molar-refractivity contribution in [1.82, 2.24) is 0 Å². The van der Waals surface area contributed by atoms with Gasteiger partial charge < -0.3 is 9.47 Å². The van der Waals surface area contributed by atoms with E-state index in [2.05, 4.69) is 4.74 Å². The van der Waals surface area contributed by atoms with Crippen molar-refractivity contribution in [1.29, 1.82) is 0 Å². The number of rotatable bonds is 12. The maximum atomic E-state index is 13.2. The van der Waals surface area contributed by atoms with Crippen LogP contribution in [0.3, 0.4) is 0 Å². The van der Waals surface area contributed by atoms with Crippen LogP contribution in [0.1, 0.15) is 46.0 Å². The van der Waals surface area contributed by atoms with Crippen molar-refractivity contribution in [3.05, 3.63) is 0 Å². The van der Waals surface area contributed by atoms with Crippen molar-refractivity contribution in [2.45, 2.75) is 76.2 Å². The topological polar surface area (TPSA) is 52.6 Å². The van der Waals surface area contributed by atoms with Gasteiger partial charge in [0.1, 0.15) is 0 Å². The molecule has 0 aromatic carbocycles. The third kappa shape index (κ3) is 7.13. The van der Waals surface area contributed by atoms with Gasteiger partial charge in [-0.25, -0.2) is 8.78 Å². The van der Waals surface area contributed by atoms with Gasteiger partial charge in [0.25, 0.3) is 0 Å². The molecule has 0 aliphatic heterocycles. The highest BCUT2D eigenvalue weighted by molar-refractivity contribution is 5.77. The molecule has 0 aromatic heterocycles. The lowest BCUT2D eigenvalue weighted by atomic mass is 10.1. The molecule has 12 heteroatoms. The van der Waals surface area contributed by atoms with Crippen molar-refractivity contribution in [3.63, 3.8) is 0 Å². The molecule has 0 amide bonds. The molecule has 0 fully saturated rings. The molecule has 0 aromatic rings. The summed E-state index contributed by atoms with van der Waals surface area (Å²) in [6.07, 6.45) is -4.82. The highest BCUT2D eigenvalue weighted by atomic mass is 19.4. The second-order valence-electron chi connectivity index (χ2n) is 5.81. The normalized spacial score (nSPS) is 14.2. The van der Waals surface area contributed by atoms with Crippen LogP contribution in [-0.4, -0.2) is 48.8 Å². The SMILES string of the molecule is CCCCC(C)OC(=O)CCC(=O)OCC(F)(F)C(F)(F)C(F)(F)C(F)F. The van der Waals surface area contributed by atoms with Gasteiger partial charge in [-0.15, -0.1) is 0 Å². The number of carbonyl (C=O) groups excluding carboxylic acids is 2. The van der Waals surface area contributed by atoms with E-state index in [4.69, 9.17) is 4.74 Å². The van der Waals surface area contributed by atoms with Gasteiger partial charge in [-0.3, -0.25) is 9.59 Å². The predicted octanol–water partition coefficient (Wildman–Crippen LogP) is 4.60. The van der Waals surface area contributed by atoms with Crippen LogP contribution in [0.5, 0.6) is 0 Å². The monoisotopic (exact) mass is 416 g/mol. The number of ether oxygens (including phenoxy) is 2. The summed E-state index contributed by atoms with van der Waals surface area (Å²) in [4.78, 5) is 22.6. The minimum atomic E-state index is -6.46. The third-order valence-electron chi connectivity index (χ3n) is 3.40. The molecular formula is C15H20F8O4. The van der Waals surface area contributed by atoms with Crippen molar-refractivity contribution >= 4 is 11.9 Å². The molecule has 4 nitrogen and oxygen atoms in total. The first kappa shape index (κ1) is 25.4. The molecule has 1 atom stereocenters. The molecule has 0 aliphatic carbocycles. The Bertz CT molecular complexity index is 496. The Labute approximate surface area is 150 Å². The molecule has 27 heavy (non-hydrogen) atoms. The van der Waals surface area contributed by atoms with Gasteiger partial charge >= 0.3 is 36.1 Å². The summed E-state index contributed by atoms with van der Waals surface area (Å²) in [5, 5.41) is 0. The van der Waals surface area contributed by atoms with E-state index in [0.717, 1.165) is 12.8 Å². The van der Waals surface area contributed by atoms with E-state index in [1.807, 2.05) is 6.92 Å². The summed E-state index contributed by atoms with van der Waals surface area (Å²) in [7, 11) is 0. The van der Waals surface area contributed by atoms with Gasteiger partial charge in [-0.05, 0) is 13.3 Å². The highest BCUT2D eigenvalue weighted by Gasteiger charge is 2.75. The zero-order valence-corrected chi connectivity index (χ0v) is 14.6. The smallest absolute Gasteiger partial charge is 0.381 e. The number of hydrogen-bond donors (Lipinski definition) is 0. The van der Waals surface area contributed by atoms with Gasteiger partial charge in [0, 0.05) is 0 Å². The van der Waals surface area contributed by atoms with Crippen LogP contribution in [0.4, 0.5) is 35.1 Å². The third-order valence-corrected chi connectivity index (χ3v) is 3.40. The lowest BCUT2D eigenvalue weighted by Gasteiger charge is -2.31. The van der Waals surface area contributed by atoms with E-state index in [-0.39, 0.29) is 0 Å². The minimum Gasteiger partial charge on any atom is -0.463 e. The Morgan fingerprint density at radius 1 is 0.963 bits per heavy atom. The fourth-order valence-corrected chi connectivity index (χ4v) is 1.75. The van der Waals surface area contributed by atoms with Gasteiger partial charge in [-0.1, -0.05) is 19.8 Å². The van der Waals surface area contributed by atoms with E-state index in [0.29, 0.717) is 6.42 Å². The number of hydrogen-bond acceptors (Lipinski definition) is 4. The van der Waals surface area contributed by atoms with Gasteiger partial charge in [-0.2, -0.15) is 26.3 Å². The first-order valence-corrected chi connectivity index (χ1v) is 7.95. The molecule has 160 valence electrons. The second-order valence-corrected chi connectivity index (χ2v) is 5.81. The Morgan fingerprint density at radius 2 is 1.48 bits per heavy atom. The average molecular weight is 416 g/mol. The predicted molar refractivity (Wildman–Crippen MR) is 76.1 cm³/mol. The van der Waals surface area contributed by atoms with Crippen LogP contribution in [-0.2, 0) is 19.1 Å². The van der Waals surface area contributed by atoms with Gasteiger partial charge in [0.05, 0.1) is 18.9 Å². The molecule has 0 saturated heterocycles. The molecule has 0 N–H and O–H groups in total. The fraction of sp³-hybridized carbons (Fsp3) is 0.867. The van der Waals surface area contributed by atoms with Crippen LogP contribution in [0.25, 0.3) is 0 Å². The summed E-state index contributed by atoms with van der Waals surface area (Å²) in [6, 6.07) is 0. The van der Waals surface area contributed by atoms with E-state index < -0.39 is 61.7 Å². The molecule has 1 unspecified atom stereocenters. The Hall–Kier alpha value is -1.62.